The molecular formula is C28H30F6N6O5. The van der Waals surface area contributed by atoms with Crippen molar-refractivity contribution in [2.24, 2.45) is 5.92 Å². The molecule has 2 heterocycles. The Hall–Kier alpha value is -4.83. The average molecular weight is 645 g/mol. The largest absolute Gasteiger partial charge is 0.453 e. The number of hydrogen-bond acceptors (Lipinski definition) is 6. The van der Waals surface area contributed by atoms with E-state index in [1.165, 1.54) is 47.5 Å². The molecule has 0 aliphatic heterocycles. The first-order chi connectivity index (χ1) is 21.0. The number of halogens is 6. The second-order valence-electron chi connectivity index (χ2n) is 10.1. The van der Waals surface area contributed by atoms with Crippen molar-refractivity contribution in [1.82, 2.24) is 24.8 Å². The Bertz CT molecular complexity index is 1600. The van der Waals surface area contributed by atoms with Gasteiger partial charge < -0.3 is 29.8 Å². The molecule has 0 spiro atoms. The number of nitrogens with zero attached hydrogens (tertiary/aromatic N) is 3. The van der Waals surface area contributed by atoms with Crippen LogP contribution < -0.4 is 16.2 Å². The number of imidazole rings is 1. The summed E-state index contributed by atoms with van der Waals surface area (Å²) in [5.74, 6) is -4.58. The molecule has 0 aliphatic carbocycles. The number of nitrogens with one attached hydrogen (secondary N) is 3. The van der Waals surface area contributed by atoms with E-state index < -0.39 is 48.3 Å². The number of carbonyl (C=O) groups is 3. The Morgan fingerprint density at radius 1 is 1.09 bits per heavy atom. The summed E-state index contributed by atoms with van der Waals surface area (Å²) in [7, 11) is 4.22. The first-order valence-electron chi connectivity index (χ1n) is 13.3. The maximum atomic E-state index is 13.2. The number of amides is 3. The van der Waals surface area contributed by atoms with E-state index in [9.17, 15) is 45.5 Å². The van der Waals surface area contributed by atoms with Gasteiger partial charge in [-0.3, -0.25) is 14.4 Å². The van der Waals surface area contributed by atoms with E-state index in [0.717, 1.165) is 17.7 Å². The number of fused-ring (bicyclic) bond motifs is 1. The highest BCUT2D eigenvalue weighted by Gasteiger charge is 2.56. The van der Waals surface area contributed by atoms with Gasteiger partial charge in [0.05, 0.1) is 24.7 Å². The number of allylic oxidation sites excluding steroid dienone is 1. The molecule has 3 aromatic rings. The number of para-hydroxylation sites is 1. The number of anilines is 1. The molecule has 3 amide bonds. The number of H-pyrrole nitrogens is 1. The van der Waals surface area contributed by atoms with E-state index in [4.69, 9.17) is 0 Å². The lowest BCUT2D eigenvalue weighted by Crippen LogP contribution is -2.44. The maximum absolute atomic E-state index is 13.2. The van der Waals surface area contributed by atoms with Gasteiger partial charge in [0.15, 0.2) is 5.92 Å². The normalized spacial score (nSPS) is 12.8. The van der Waals surface area contributed by atoms with Crippen molar-refractivity contribution in [3.63, 3.8) is 0 Å². The molecule has 2 aromatic heterocycles. The number of ether oxygens (including phenoxy) is 1. The second-order valence-corrected chi connectivity index (χ2v) is 10.1. The van der Waals surface area contributed by atoms with Gasteiger partial charge in [0, 0.05) is 20.3 Å². The van der Waals surface area contributed by atoms with Crippen LogP contribution in [0.2, 0.25) is 0 Å². The van der Waals surface area contributed by atoms with Crippen LogP contribution in [0.4, 0.5) is 36.8 Å². The number of benzene rings is 1. The Morgan fingerprint density at radius 2 is 1.78 bits per heavy atom. The minimum absolute atomic E-state index is 0.0457. The molecule has 0 unspecified atom stereocenters. The molecule has 0 radical (unpaired) electrons. The van der Waals surface area contributed by atoms with Crippen molar-refractivity contribution in [1.29, 1.82) is 0 Å². The minimum atomic E-state index is -5.52. The molecule has 0 saturated heterocycles. The summed E-state index contributed by atoms with van der Waals surface area (Å²) in [6.07, 6.45) is -8.92. The first-order valence-corrected chi connectivity index (χ1v) is 13.3. The number of methoxy groups -OCH3 is 1. The quantitative estimate of drug-likeness (QED) is 0.212. The third-order valence-electron chi connectivity index (χ3n) is 6.57. The molecule has 0 fully saturated rings. The highest BCUT2D eigenvalue weighted by molar-refractivity contribution is 5.96. The van der Waals surface area contributed by atoms with E-state index >= 15 is 0 Å². The van der Waals surface area contributed by atoms with Gasteiger partial charge in [-0.15, -0.1) is 0 Å². The summed E-state index contributed by atoms with van der Waals surface area (Å²) < 4.78 is 84.7. The fourth-order valence-electron chi connectivity index (χ4n) is 4.22. The number of alkyl halides is 6. The van der Waals surface area contributed by atoms with Gasteiger partial charge in [-0.25, -0.2) is 9.78 Å². The zero-order chi connectivity index (χ0) is 33.5. The van der Waals surface area contributed by atoms with E-state index in [0.29, 0.717) is 0 Å². The SMILES string of the molecule is COC(=O)N[C@@H](CC/C=C/C(=O)N(C)C)C(=O)Nc1cccn(Cc2nc3c(CC(C(F)(F)F)C(F)(F)F)cccc3[nH]2)c1=O. The summed E-state index contributed by atoms with van der Waals surface area (Å²) in [6.45, 7) is -0.271. The van der Waals surface area contributed by atoms with Crippen molar-refractivity contribution in [3.8, 4) is 0 Å². The monoisotopic (exact) mass is 644 g/mol. The number of hydrogen-bond donors (Lipinski definition) is 3. The second kappa shape index (κ2) is 14.3. The Kier molecular flexibility index (Phi) is 11.0. The van der Waals surface area contributed by atoms with Gasteiger partial charge in [-0.1, -0.05) is 18.2 Å². The molecule has 1 atom stereocenters. The number of carbonyl (C=O) groups excluding carboxylic acids is 3. The molecule has 45 heavy (non-hydrogen) atoms. The third-order valence-corrected chi connectivity index (χ3v) is 6.57. The van der Waals surface area contributed by atoms with E-state index in [1.54, 1.807) is 14.1 Å². The highest BCUT2D eigenvalue weighted by Crippen LogP contribution is 2.41. The topological polar surface area (TPSA) is 138 Å². The standard InChI is InChI=1S/C28H30F6N6O5/c1-39(2)22(41)12-5-4-9-18(37-26(44)45-3)24(42)36-19-11-7-13-40(25(19)43)15-21-35-17-10-6-8-16(23(17)38-21)14-20(27(29,30)31)28(32,33)34/h5-8,10-13,18,20H,4,9,14-15H2,1-3H3,(H,35,38)(H,36,42)(H,37,44)/b12-5+/t18-/m0/s1. The number of rotatable bonds is 11. The molecule has 3 N–H and O–H groups in total. The van der Waals surface area contributed by atoms with Crippen LogP contribution in [-0.2, 0) is 27.3 Å². The maximum Gasteiger partial charge on any atom is 0.407 e. The van der Waals surface area contributed by atoms with Gasteiger partial charge in [-0.2, -0.15) is 26.3 Å². The number of aromatic amines is 1. The lowest BCUT2D eigenvalue weighted by atomic mass is 9.97. The van der Waals surface area contributed by atoms with Crippen LogP contribution in [-0.4, -0.2) is 76.9 Å². The summed E-state index contributed by atoms with van der Waals surface area (Å²) >= 11 is 0. The van der Waals surface area contributed by atoms with Crippen LogP contribution >= 0.6 is 0 Å². The summed E-state index contributed by atoms with van der Waals surface area (Å²) in [5.41, 5.74) is -1.13. The van der Waals surface area contributed by atoms with Gasteiger partial charge in [0.1, 0.15) is 17.6 Å². The smallest absolute Gasteiger partial charge is 0.407 e. The van der Waals surface area contributed by atoms with Crippen LogP contribution in [0.3, 0.4) is 0 Å². The Balaban J connectivity index is 1.81. The first kappa shape index (κ1) is 34.7. The molecule has 0 bridgehead atoms. The number of likely N-dealkylation sites (N-methyl/N-ethyl adjacent to an activating group) is 1. The van der Waals surface area contributed by atoms with Crippen molar-refractivity contribution >= 4 is 34.6 Å². The van der Waals surface area contributed by atoms with E-state index in [1.807, 2.05) is 0 Å². The number of alkyl carbamates (subject to hydrolysis) is 1. The number of aromatic nitrogens is 3. The van der Waals surface area contributed by atoms with Crippen molar-refractivity contribution in [2.75, 3.05) is 26.5 Å². The van der Waals surface area contributed by atoms with E-state index in [2.05, 4.69) is 25.3 Å². The lowest BCUT2D eigenvalue weighted by Gasteiger charge is -2.23. The Labute approximate surface area is 252 Å². The predicted molar refractivity (Wildman–Crippen MR) is 150 cm³/mol. The third kappa shape index (κ3) is 9.33. The van der Waals surface area contributed by atoms with Gasteiger partial charge in [0.2, 0.25) is 11.8 Å². The zero-order valence-electron chi connectivity index (χ0n) is 24.3. The van der Waals surface area contributed by atoms with Crippen LogP contribution in [0, 0.1) is 5.92 Å². The zero-order valence-corrected chi connectivity index (χ0v) is 24.3. The summed E-state index contributed by atoms with van der Waals surface area (Å²) in [6, 6.07) is 5.39. The van der Waals surface area contributed by atoms with Gasteiger partial charge >= 0.3 is 18.4 Å². The minimum Gasteiger partial charge on any atom is -0.453 e. The molecule has 17 heteroatoms. The van der Waals surface area contributed by atoms with Gasteiger partial charge in [-0.05, 0) is 49.1 Å². The molecular weight excluding hydrogens is 614 g/mol. The fraction of sp³-hybridized carbons (Fsp3) is 0.393. The summed E-state index contributed by atoms with van der Waals surface area (Å²) in [4.78, 5) is 58.0. The molecule has 0 saturated carbocycles. The number of pyridine rings is 1. The van der Waals surface area contributed by atoms with Crippen molar-refractivity contribution < 1.29 is 45.5 Å². The van der Waals surface area contributed by atoms with Gasteiger partial charge in [0.25, 0.3) is 5.56 Å². The fourth-order valence-corrected chi connectivity index (χ4v) is 4.22. The van der Waals surface area contributed by atoms with Crippen LogP contribution in [0.1, 0.15) is 24.2 Å². The summed E-state index contributed by atoms with van der Waals surface area (Å²) in [5, 5.41) is 4.79. The van der Waals surface area contributed by atoms with E-state index in [-0.39, 0.29) is 53.4 Å². The van der Waals surface area contributed by atoms with Crippen LogP contribution in [0.15, 0.2) is 53.5 Å². The molecule has 3 rings (SSSR count). The molecule has 11 nitrogen and oxygen atoms in total. The van der Waals surface area contributed by atoms with Crippen molar-refractivity contribution in [3.05, 3.63) is 70.4 Å². The van der Waals surface area contributed by atoms with Crippen molar-refractivity contribution in [2.45, 2.75) is 44.2 Å². The lowest BCUT2D eigenvalue weighted by molar-refractivity contribution is -0.283. The Morgan fingerprint density at radius 3 is 2.40 bits per heavy atom. The highest BCUT2D eigenvalue weighted by atomic mass is 19.4. The van der Waals surface area contributed by atoms with Crippen LogP contribution in [0.5, 0.6) is 0 Å². The average Bonchev–Trinajstić information content (AvgIpc) is 3.37. The molecule has 1 aromatic carbocycles. The molecule has 0 aliphatic rings. The van der Waals surface area contributed by atoms with Crippen LogP contribution in [0.25, 0.3) is 11.0 Å². The molecule has 244 valence electrons. The predicted octanol–water partition coefficient (Wildman–Crippen LogP) is 4.14.